The number of nitriles is 1. The first-order chi connectivity index (χ1) is 27.8. The van der Waals surface area contributed by atoms with Crippen molar-refractivity contribution in [1.29, 1.82) is 5.26 Å². The van der Waals surface area contributed by atoms with Crippen molar-refractivity contribution in [2.24, 2.45) is 0 Å². The predicted octanol–water partition coefficient (Wildman–Crippen LogP) is 6.04. The fourth-order valence-electron chi connectivity index (χ4n) is 5.08. The van der Waals surface area contributed by atoms with E-state index in [9.17, 15) is 23.6 Å². The van der Waals surface area contributed by atoms with Crippen molar-refractivity contribution >= 4 is 58.5 Å². The van der Waals surface area contributed by atoms with Crippen LogP contribution in [0.15, 0.2) is 36.8 Å². The molecule has 3 heterocycles. The number of halogens is 2. The van der Waals surface area contributed by atoms with Gasteiger partial charge in [0, 0.05) is 74.0 Å². The lowest BCUT2D eigenvalue weighted by atomic mass is 10.2. The van der Waals surface area contributed by atoms with Crippen LogP contribution in [0.2, 0.25) is 5.15 Å². The highest BCUT2D eigenvalue weighted by molar-refractivity contribution is 6.29. The topological polar surface area (TPSA) is 239 Å². The van der Waals surface area contributed by atoms with Gasteiger partial charge in [0.25, 0.3) is 11.8 Å². The third-order valence-corrected chi connectivity index (χ3v) is 7.90. The molecule has 9 N–H and O–H groups in total. The number of nitrogens with one attached hydrogen (secondary N) is 9. The monoisotopic (exact) mass is 839 g/mol. The normalized spacial score (nSPS) is 11.7. The van der Waals surface area contributed by atoms with Crippen molar-refractivity contribution in [3.8, 4) is 6.07 Å². The van der Waals surface area contributed by atoms with E-state index in [1.165, 1.54) is 18.6 Å². The van der Waals surface area contributed by atoms with Crippen molar-refractivity contribution in [2.75, 3.05) is 29.0 Å². The van der Waals surface area contributed by atoms with Crippen LogP contribution in [0.25, 0.3) is 0 Å². The molecule has 6 amide bonds. The van der Waals surface area contributed by atoms with E-state index in [0.717, 1.165) is 6.07 Å². The minimum absolute atomic E-state index is 0.0234. The largest absolute Gasteiger partial charge is 0.382 e. The van der Waals surface area contributed by atoms with E-state index in [-0.39, 0.29) is 77.3 Å². The molecule has 59 heavy (non-hydrogen) atoms. The number of nitrogens with zero attached hydrogens (tertiary/aromatic N) is 4. The molecule has 0 bridgehead atoms. The molecule has 3 rings (SSSR count). The van der Waals surface area contributed by atoms with Crippen LogP contribution in [0.3, 0.4) is 0 Å². The van der Waals surface area contributed by atoms with E-state index in [4.69, 9.17) is 16.9 Å². The minimum atomic E-state index is -0.689. The summed E-state index contributed by atoms with van der Waals surface area (Å²) >= 11 is 5.91. The highest BCUT2D eigenvalue weighted by Crippen LogP contribution is 2.24. The molecule has 0 radical (unpaired) electrons. The lowest BCUT2D eigenvalue weighted by molar-refractivity contribution is 0.0944. The van der Waals surface area contributed by atoms with Gasteiger partial charge in [0.05, 0.1) is 28.1 Å². The van der Waals surface area contributed by atoms with Gasteiger partial charge in [0.2, 0.25) is 0 Å². The Bertz CT molecular complexity index is 1910. The minimum Gasteiger partial charge on any atom is -0.382 e. The summed E-state index contributed by atoms with van der Waals surface area (Å²) in [5.41, 5.74) is 2.04. The van der Waals surface area contributed by atoms with Crippen molar-refractivity contribution < 1.29 is 23.6 Å². The molecular formula is C40H59ClFN13O4. The van der Waals surface area contributed by atoms with Crippen LogP contribution in [-0.4, -0.2) is 88.2 Å². The van der Waals surface area contributed by atoms with Crippen LogP contribution in [-0.2, 0) is 0 Å². The fourth-order valence-corrected chi connectivity index (χ4v) is 5.24. The summed E-state index contributed by atoms with van der Waals surface area (Å²) in [5.74, 6) is -1.05. The molecular weight excluding hydrogens is 781 g/mol. The van der Waals surface area contributed by atoms with E-state index >= 15 is 0 Å². The number of anilines is 4. The average molecular weight is 840 g/mol. The number of carbonyl (C=O) groups excluding carboxylic acids is 4. The Morgan fingerprint density at radius 1 is 0.661 bits per heavy atom. The second kappa shape index (κ2) is 24.7. The van der Waals surface area contributed by atoms with E-state index in [0.29, 0.717) is 53.6 Å². The van der Waals surface area contributed by atoms with Crippen LogP contribution < -0.4 is 47.9 Å². The standard InChI is InChI=1S/C23H31FN8O2.C17H28ClN5O2/c1-13(2)29-19-9-20(32-21-18(24)8-16(10-25)11-28-21)27-12-17(19)22(33)26-7-6-15(5)31-23(34)30-14(3)4;1-10(2)21-14-8-15(18)20-9-13(14)16(24)19-7-6-12(5)23-17(25)22-11(3)4/h8-9,11-15H,6-7H2,1-5H3,(H,26,33)(H2,30,31,34)(H2,27,28,29,32);8-12H,6-7H2,1-5H3,(H,19,24)(H,20,21)(H2,22,23,25)/t15-;12-/m11/s1. The summed E-state index contributed by atoms with van der Waals surface area (Å²) < 4.78 is 14.2. The molecule has 0 aromatic carbocycles. The van der Waals surface area contributed by atoms with Gasteiger partial charge in [-0.25, -0.2) is 28.9 Å². The van der Waals surface area contributed by atoms with Crippen LogP contribution in [0, 0.1) is 17.1 Å². The Balaban J connectivity index is 0.000000427. The number of amides is 6. The zero-order valence-electron chi connectivity index (χ0n) is 35.4. The van der Waals surface area contributed by atoms with E-state index < -0.39 is 5.82 Å². The lowest BCUT2D eigenvalue weighted by Gasteiger charge is -2.18. The summed E-state index contributed by atoms with van der Waals surface area (Å²) in [6, 6.07) is 5.78. The number of aromatic nitrogens is 3. The van der Waals surface area contributed by atoms with Crippen LogP contribution in [0.5, 0.6) is 0 Å². The Kier molecular flexibility index (Phi) is 20.6. The molecule has 0 aliphatic rings. The second-order valence-electron chi connectivity index (χ2n) is 15.0. The number of urea groups is 2. The number of pyridine rings is 3. The van der Waals surface area contributed by atoms with E-state index in [1.807, 2.05) is 75.3 Å². The predicted molar refractivity (Wildman–Crippen MR) is 230 cm³/mol. The molecule has 17 nitrogen and oxygen atoms in total. The van der Waals surface area contributed by atoms with Gasteiger partial charge in [-0.1, -0.05) is 11.6 Å². The number of carbonyl (C=O) groups is 4. The molecule has 0 saturated carbocycles. The van der Waals surface area contributed by atoms with Gasteiger partial charge < -0.3 is 47.9 Å². The Morgan fingerprint density at radius 2 is 1.14 bits per heavy atom. The van der Waals surface area contributed by atoms with E-state index in [2.05, 4.69) is 62.8 Å². The van der Waals surface area contributed by atoms with Gasteiger partial charge in [-0.05, 0) is 94.2 Å². The number of hydrogen-bond acceptors (Lipinski definition) is 11. The fraction of sp³-hybridized carbons (Fsp3) is 0.500. The molecule has 2 atom stereocenters. The smallest absolute Gasteiger partial charge is 0.315 e. The molecule has 0 spiro atoms. The summed E-state index contributed by atoms with van der Waals surface area (Å²) in [6.45, 7) is 19.9. The van der Waals surface area contributed by atoms with Gasteiger partial charge in [-0.3, -0.25) is 9.59 Å². The van der Waals surface area contributed by atoms with Crippen LogP contribution in [0.1, 0.15) is 108 Å². The first kappa shape index (κ1) is 49.2. The third-order valence-electron chi connectivity index (χ3n) is 7.69. The maximum atomic E-state index is 14.2. The second-order valence-corrected chi connectivity index (χ2v) is 15.4. The SMILES string of the molecule is CC(C)NC(=O)N[C@H](C)CCNC(=O)c1cnc(Cl)cc1NC(C)C.CC(C)NC(=O)N[C@H](C)CCNC(=O)c1cnc(Nc2ncc(C#N)cc2F)cc1NC(C)C. The Hall–Kier alpha value is -5.96. The maximum Gasteiger partial charge on any atom is 0.315 e. The Morgan fingerprint density at radius 3 is 1.58 bits per heavy atom. The molecule has 322 valence electrons. The molecule has 19 heteroatoms. The van der Waals surface area contributed by atoms with Crippen LogP contribution >= 0.6 is 11.6 Å². The molecule has 3 aromatic rings. The quantitative estimate of drug-likeness (QED) is 0.0670. The van der Waals surface area contributed by atoms with Gasteiger partial charge in [0.15, 0.2) is 11.6 Å². The first-order valence-corrected chi connectivity index (χ1v) is 19.9. The lowest BCUT2D eigenvalue weighted by Crippen LogP contribution is -2.44. The van der Waals surface area contributed by atoms with E-state index in [1.54, 1.807) is 12.1 Å². The van der Waals surface area contributed by atoms with Crippen molar-refractivity contribution in [1.82, 2.24) is 46.9 Å². The zero-order valence-corrected chi connectivity index (χ0v) is 36.2. The molecule has 3 aromatic heterocycles. The molecule has 0 saturated heterocycles. The van der Waals surface area contributed by atoms with Gasteiger partial charge in [-0.2, -0.15) is 5.26 Å². The highest BCUT2D eigenvalue weighted by atomic mass is 35.5. The number of rotatable bonds is 18. The first-order valence-electron chi connectivity index (χ1n) is 19.5. The summed E-state index contributed by atoms with van der Waals surface area (Å²) in [5, 5.41) is 35.2. The van der Waals surface area contributed by atoms with Crippen LogP contribution in [0.4, 0.5) is 37.0 Å². The molecule has 0 aliphatic carbocycles. The number of hydrogen-bond donors (Lipinski definition) is 9. The maximum absolute atomic E-state index is 14.2. The molecule has 0 fully saturated rings. The van der Waals surface area contributed by atoms with Crippen molar-refractivity contribution in [3.63, 3.8) is 0 Å². The zero-order chi connectivity index (χ0) is 44.2. The summed E-state index contributed by atoms with van der Waals surface area (Å²) in [4.78, 5) is 60.6. The van der Waals surface area contributed by atoms with Gasteiger partial charge >= 0.3 is 12.1 Å². The third kappa shape index (κ3) is 18.9. The average Bonchev–Trinajstić information content (AvgIpc) is 3.11. The molecule has 0 aliphatic heterocycles. The summed E-state index contributed by atoms with van der Waals surface area (Å²) in [6.07, 6.45) is 5.26. The van der Waals surface area contributed by atoms with Crippen molar-refractivity contribution in [3.05, 3.63) is 64.5 Å². The summed E-state index contributed by atoms with van der Waals surface area (Å²) in [7, 11) is 0. The van der Waals surface area contributed by atoms with Gasteiger partial charge in [0.1, 0.15) is 17.0 Å². The van der Waals surface area contributed by atoms with Crippen molar-refractivity contribution in [2.45, 2.75) is 118 Å². The Labute approximate surface area is 351 Å². The highest BCUT2D eigenvalue weighted by Gasteiger charge is 2.17. The van der Waals surface area contributed by atoms with Gasteiger partial charge in [-0.15, -0.1) is 0 Å². The molecule has 0 unspecified atom stereocenters.